The highest BCUT2D eigenvalue weighted by Gasteiger charge is 2.33. The van der Waals surface area contributed by atoms with Gasteiger partial charge in [0.25, 0.3) is 0 Å². The Morgan fingerprint density at radius 3 is 2.47 bits per heavy atom. The monoisotopic (exact) mass is 481 g/mol. The lowest BCUT2D eigenvalue weighted by Crippen LogP contribution is -2.36. The summed E-state index contributed by atoms with van der Waals surface area (Å²) < 4.78 is 14.2. The second-order valence-electron chi connectivity index (χ2n) is 9.82. The fourth-order valence-electron chi connectivity index (χ4n) is 4.95. The van der Waals surface area contributed by atoms with Crippen LogP contribution in [0.15, 0.2) is 36.5 Å². The maximum Gasteiger partial charge on any atom is 0.170 e. The molecule has 5 nitrogen and oxygen atoms in total. The Bertz CT molecular complexity index is 1230. The van der Waals surface area contributed by atoms with Gasteiger partial charge in [-0.05, 0) is 88.0 Å². The zero-order valence-corrected chi connectivity index (χ0v) is 20.2. The summed E-state index contributed by atoms with van der Waals surface area (Å²) in [6.07, 6.45) is 7.83. The number of halogens is 2. The number of fused-ring (bicyclic) bond motifs is 1. The van der Waals surface area contributed by atoms with E-state index >= 15 is 0 Å². The lowest BCUT2D eigenvalue weighted by molar-refractivity contribution is 0.0968. The number of carbonyl (C=O) groups excluding carboxylic acids is 1. The van der Waals surface area contributed by atoms with E-state index in [2.05, 4.69) is 29.3 Å². The number of aromatic hydroxyl groups is 1. The van der Waals surface area contributed by atoms with Crippen LogP contribution in [-0.2, 0) is 0 Å². The summed E-state index contributed by atoms with van der Waals surface area (Å²) in [7, 11) is 4.25. The summed E-state index contributed by atoms with van der Waals surface area (Å²) >= 11 is 6.03. The van der Waals surface area contributed by atoms with Gasteiger partial charge in [-0.25, -0.2) is 4.39 Å². The van der Waals surface area contributed by atoms with E-state index in [4.69, 9.17) is 11.6 Å². The fraction of sp³-hybridized carbons (Fsp3) is 0.407. The average Bonchev–Trinajstić information content (AvgIpc) is 3.67. The van der Waals surface area contributed by atoms with Crippen molar-refractivity contribution >= 4 is 34.0 Å². The van der Waals surface area contributed by atoms with E-state index in [1.165, 1.54) is 6.07 Å². The van der Waals surface area contributed by atoms with E-state index in [-0.39, 0.29) is 22.8 Å². The third-order valence-corrected chi connectivity index (χ3v) is 7.50. The molecule has 34 heavy (non-hydrogen) atoms. The predicted octanol–water partition coefficient (Wildman–Crippen LogP) is 6.28. The van der Waals surface area contributed by atoms with E-state index in [1.54, 1.807) is 12.3 Å². The quantitative estimate of drug-likeness (QED) is 0.406. The Kier molecular flexibility index (Phi) is 6.21. The Morgan fingerprint density at radius 2 is 1.82 bits per heavy atom. The molecule has 1 aromatic heterocycles. The summed E-state index contributed by atoms with van der Waals surface area (Å²) in [6, 6.07) is 9.34. The standard InChI is InChI=1S/C27H29ClFN3O2/c1-32(2)19-8-6-18(7-9-19)31-25-20-11-16(17-12-22(28)27(34)23(29)13-17)5-10-24(20)30-14-21(25)26(33)15-3-4-15/h5,10-15,18-19,34H,3-4,6-9H2,1-2H3,(H,30,31). The first-order valence-corrected chi connectivity index (χ1v) is 12.3. The molecule has 0 radical (unpaired) electrons. The predicted molar refractivity (Wildman–Crippen MR) is 134 cm³/mol. The molecule has 0 spiro atoms. The molecule has 1 heterocycles. The molecule has 2 aliphatic carbocycles. The van der Waals surface area contributed by atoms with Gasteiger partial charge in [0.1, 0.15) is 0 Å². The molecule has 5 rings (SSSR count). The molecule has 0 atom stereocenters. The van der Waals surface area contributed by atoms with E-state index in [9.17, 15) is 14.3 Å². The Morgan fingerprint density at radius 1 is 1.09 bits per heavy atom. The second kappa shape index (κ2) is 9.16. The van der Waals surface area contributed by atoms with Gasteiger partial charge in [0.05, 0.1) is 21.8 Å². The maximum absolute atomic E-state index is 14.2. The lowest BCUT2D eigenvalue weighted by atomic mass is 9.89. The van der Waals surface area contributed by atoms with Crippen molar-refractivity contribution < 1.29 is 14.3 Å². The number of hydrogen-bond acceptors (Lipinski definition) is 5. The van der Waals surface area contributed by atoms with Crippen molar-refractivity contribution in [3.8, 4) is 16.9 Å². The first-order valence-electron chi connectivity index (χ1n) is 11.9. The SMILES string of the molecule is CN(C)C1CCC(Nc2c(C(=O)C3CC3)cnc3ccc(-c4cc(F)c(O)c(Cl)c4)cc23)CC1. The third-order valence-electron chi connectivity index (χ3n) is 7.21. The minimum absolute atomic E-state index is 0.0399. The van der Waals surface area contributed by atoms with Gasteiger partial charge in [0, 0.05) is 29.6 Å². The number of nitrogens with one attached hydrogen (secondary N) is 1. The number of hydrogen-bond donors (Lipinski definition) is 2. The van der Waals surface area contributed by atoms with Crippen LogP contribution in [0.4, 0.5) is 10.1 Å². The molecule has 0 bridgehead atoms. The highest BCUT2D eigenvalue weighted by Crippen LogP contribution is 2.39. The lowest BCUT2D eigenvalue weighted by Gasteiger charge is -2.34. The Labute approximate surface area is 203 Å². The van der Waals surface area contributed by atoms with Crippen LogP contribution in [0.1, 0.15) is 48.9 Å². The van der Waals surface area contributed by atoms with Crippen LogP contribution in [0.3, 0.4) is 0 Å². The number of pyridine rings is 1. The van der Waals surface area contributed by atoms with E-state index in [1.807, 2.05) is 18.2 Å². The molecule has 2 aromatic carbocycles. The van der Waals surface area contributed by atoms with Crippen molar-refractivity contribution in [2.24, 2.45) is 5.92 Å². The average molecular weight is 482 g/mol. The highest BCUT2D eigenvalue weighted by molar-refractivity contribution is 6.32. The molecule has 3 aromatic rings. The maximum atomic E-state index is 14.2. The number of phenols is 1. The van der Waals surface area contributed by atoms with E-state index in [0.717, 1.165) is 60.7 Å². The summed E-state index contributed by atoms with van der Waals surface area (Å²) in [5.74, 6) is -1.10. The van der Waals surface area contributed by atoms with Gasteiger partial charge in [0.15, 0.2) is 17.3 Å². The van der Waals surface area contributed by atoms with Crippen LogP contribution in [0.25, 0.3) is 22.0 Å². The van der Waals surface area contributed by atoms with Crippen LogP contribution in [0.5, 0.6) is 5.75 Å². The third kappa shape index (κ3) is 4.49. The van der Waals surface area contributed by atoms with E-state index in [0.29, 0.717) is 17.2 Å². The zero-order valence-electron chi connectivity index (χ0n) is 19.4. The number of phenolic OH excluding ortho intramolecular Hbond substituents is 1. The van der Waals surface area contributed by atoms with Crippen LogP contribution in [-0.4, -0.2) is 47.0 Å². The second-order valence-corrected chi connectivity index (χ2v) is 10.2. The number of ketones is 1. The Hall–Kier alpha value is -2.70. The van der Waals surface area contributed by atoms with Gasteiger partial charge in [-0.15, -0.1) is 0 Å². The first kappa shape index (κ1) is 23.1. The normalized spacial score (nSPS) is 20.6. The molecule has 2 aliphatic rings. The molecule has 178 valence electrons. The van der Waals surface area contributed by atoms with Crippen LogP contribution >= 0.6 is 11.6 Å². The number of Topliss-reactive ketones (excluding diaryl/α,β-unsaturated/α-hetero) is 1. The van der Waals surface area contributed by atoms with Crippen LogP contribution in [0.2, 0.25) is 5.02 Å². The summed E-state index contributed by atoms with van der Waals surface area (Å²) in [6.45, 7) is 0. The molecule has 2 saturated carbocycles. The molecule has 7 heteroatoms. The molecule has 0 unspecified atom stereocenters. The highest BCUT2D eigenvalue weighted by atomic mass is 35.5. The number of nitrogens with zero attached hydrogens (tertiary/aromatic N) is 2. The number of aromatic nitrogens is 1. The molecule has 2 fully saturated rings. The molecular weight excluding hydrogens is 453 g/mol. The van der Waals surface area contributed by atoms with Crippen LogP contribution < -0.4 is 5.32 Å². The minimum atomic E-state index is -0.769. The van der Waals surface area contributed by atoms with Gasteiger partial charge in [0.2, 0.25) is 0 Å². The van der Waals surface area contributed by atoms with Crippen molar-refractivity contribution in [1.29, 1.82) is 0 Å². The molecule has 0 aliphatic heterocycles. The molecule has 0 saturated heterocycles. The minimum Gasteiger partial charge on any atom is -0.504 e. The van der Waals surface area contributed by atoms with Crippen molar-refractivity contribution in [3.05, 3.63) is 52.9 Å². The van der Waals surface area contributed by atoms with Crippen LogP contribution in [0, 0.1) is 11.7 Å². The number of carbonyl (C=O) groups is 1. The number of anilines is 1. The largest absolute Gasteiger partial charge is 0.504 e. The molecule has 0 amide bonds. The first-order chi connectivity index (χ1) is 16.3. The van der Waals surface area contributed by atoms with Crippen molar-refractivity contribution in [3.63, 3.8) is 0 Å². The summed E-state index contributed by atoms with van der Waals surface area (Å²) in [5, 5.41) is 14.2. The van der Waals surface area contributed by atoms with Gasteiger partial charge in [-0.1, -0.05) is 17.7 Å². The van der Waals surface area contributed by atoms with Gasteiger partial charge in [-0.3, -0.25) is 9.78 Å². The number of benzene rings is 2. The van der Waals surface area contributed by atoms with Crippen molar-refractivity contribution in [1.82, 2.24) is 9.88 Å². The topological polar surface area (TPSA) is 65.5 Å². The molecule has 2 N–H and O–H groups in total. The smallest absolute Gasteiger partial charge is 0.170 e. The molecular formula is C27H29ClFN3O2. The zero-order chi connectivity index (χ0) is 24.0. The summed E-state index contributed by atoms with van der Waals surface area (Å²) in [5.41, 5.74) is 3.52. The van der Waals surface area contributed by atoms with Gasteiger partial charge >= 0.3 is 0 Å². The van der Waals surface area contributed by atoms with Crippen molar-refractivity contribution in [2.45, 2.75) is 50.6 Å². The fourth-order valence-corrected chi connectivity index (χ4v) is 5.16. The van der Waals surface area contributed by atoms with Gasteiger partial charge < -0.3 is 15.3 Å². The van der Waals surface area contributed by atoms with Gasteiger partial charge in [-0.2, -0.15) is 0 Å². The summed E-state index contributed by atoms with van der Waals surface area (Å²) in [4.78, 5) is 20.0. The van der Waals surface area contributed by atoms with E-state index < -0.39 is 11.6 Å². The van der Waals surface area contributed by atoms with Crippen molar-refractivity contribution in [2.75, 3.05) is 19.4 Å². The Balaban J connectivity index is 1.56. The number of rotatable bonds is 6.